The van der Waals surface area contributed by atoms with Gasteiger partial charge in [-0.15, -0.1) is 0 Å². The Bertz CT molecular complexity index is 1160. The zero-order chi connectivity index (χ0) is 22.5. The number of hydrogen-bond donors (Lipinski definition) is 1. The standard InChI is InChI=1S/C25H22FN3O3/c1-2-14-32-21-11-9-17(10-12-21)22-23(28-19-8-5-6-18(26)15-19)25(31)29(24(22)30)16-20-7-3-4-13-27-20/h3-13,15,28H,2,14,16H2,1H3. The molecule has 0 saturated carbocycles. The molecule has 0 unspecified atom stereocenters. The molecule has 1 aliphatic heterocycles. The first kappa shape index (κ1) is 21.2. The zero-order valence-corrected chi connectivity index (χ0v) is 17.5. The van der Waals surface area contributed by atoms with Gasteiger partial charge in [-0.1, -0.05) is 31.2 Å². The van der Waals surface area contributed by atoms with Gasteiger partial charge >= 0.3 is 0 Å². The SMILES string of the molecule is CCCOc1ccc(C2=C(Nc3cccc(F)c3)C(=O)N(Cc3ccccn3)C2=O)cc1. The number of hydrogen-bond acceptors (Lipinski definition) is 5. The number of benzene rings is 2. The number of carbonyl (C=O) groups excluding carboxylic acids is 2. The Balaban J connectivity index is 1.70. The van der Waals surface area contributed by atoms with Crippen molar-refractivity contribution in [3.63, 3.8) is 0 Å². The third-order valence-corrected chi connectivity index (χ3v) is 4.92. The molecule has 1 aromatic heterocycles. The average Bonchev–Trinajstić information content (AvgIpc) is 3.03. The van der Waals surface area contributed by atoms with Gasteiger partial charge in [-0.3, -0.25) is 19.5 Å². The van der Waals surface area contributed by atoms with Crippen molar-refractivity contribution < 1.29 is 18.7 Å². The average molecular weight is 431 g/mol. The molecule has 0 bridgehead atoms. The number of nitrogens with one attached hydrogen (secondary N) is 1. The smallest absolute Gasteiger partial charge is 0.278 e. The number of pyridine rings is 1. The topological polar surface area (TPSA) is 71.5 Å². The predicted octanol–water partition coefficient (Wildman–Crippen LogP) is 4.40. The van der Waals surface area contributed by atoms with E-state index in [0.717, 1.165) is 11.3 Å². The highest BCUT2D eigenvalue weighted by Crippen LogP contribution is 2.32. The number of halogens is 1. The van der Waals surface area contributed by atoms with Crippen LogP contribution in [0.1, 0.15) is 24.6 Å². The van der Waals surface area contributed by atoms with Crippen LogP contribution in [0.25, 0.3) is 5.57 Å². The molecular weight excluding hydrogens is 409 g/mol. The van der Waals surface area contributed by atoms with Gasteiger partial charge in [0.15, 0.2) is 0 Å². The number of ether oxygens (including phenoxy) is 1. The fourth-order valence-corrected chi connectivity index (χ4v) is 3.41. The number of aromatic nitrogens is 1. The third kappa shape index (κ3) is 4.51. The Kier molecular flexibility index (Phi) is 6.26. The van der Waals surface area contributed by atoms with Crippen LogP contribution in [0.4, 0.5) is 10.1 Å². The quantitative estimate of drug-likeness (QED) is 0.535. The Morgan fingerprint density at radius 3 is 2.50 bits per heavy atom. The van der Waals surface area contributed by atoms with Crippen LogP contribution in [0.15, 0.2) is 78.6 Å². The van der Waals surface area contributed by atoms with Gasteiger partial charge in [0.1, 0.15) is 17.3 Å². The summed E-state index contributed by atoms with van der Waals surface area (Å²) in [5.74, 6) is -0.706. The molecular formula is C25H22FN3O3. The number of nitrogens with zero attached hydrogens (tertiary/aromatic N) is 2. The van der Waals surface area contributed by atoms with E-state index in [0.29, 0.717) is 29.3 Å². The first-order chi connectivity index (χ1) is 15.6. The van der Waals surface area contributed by atoms with E-state index in [-0.39, 0.29) is 17.8 Å². The molecule has 1 N–H and O–H groups in total. The summed E-state index contributed by atoms with van der Waals surface area (Å²) >= 11 is 0. The molecule has 6 nitrogen and oxygen atoms in total. The summed E-state index contributed by atoms with van der Waals surface area (Å²) in [6, 6.07) is 18.1. The maximum atomic E-state index is 13.7. The highest BCUT2D eigenvalue weighted by atomic mass is 19.1. The molecule has 2 heterocycles. The largest absolute Gasteiger partial charge is 0.494 e. The van der Waals surface area contributed by atoms with Gasteiger partial charge < -0.3 is 10.1 Å². The molecule has 0 fully saturated rings. The lowest BCUT2D eigenvalue weighted by molar-refractivity contribution is -0.137. The molecule has 0 aliphatic carbocycles. The van der Waals surface area contributed by atoms with Gasteiger partial charge in [0.2, 0.25) is 0 Å². The second kappa shape index (κ2) is 9.43. The molecule has 2 aromatic carbocycles. The summed E-state index contributed by atoms with van der Waals surface area (Å²) in [7, 11) is 0. The molecule has 0 saturated heterocycles. The lowest BCUT2D eigenvalue weighted by atomic mass is 10.0. The molecule has 0 radical (unpaired) electrons. The Morgan fingerprint density at radius 2 is 1.81 bits per heavy atom. The van der Waals surface area contributed by atoms with E-state index in [9.17, 15) is 14.0 Å². The van der Waals surface area contributed by atoms with Gasteiger partial charge in [0.25, 0.3) is 11.8 Å². The second-order valence-corrected chi connectivity index (χ2v) is 7.28. The number of amides is 2. The molecule has 32 heavy (non-hydrogen) atoms. The van der Waals surface area contributed by atoms with Crippen LogP contribution < -0.4 is 10.1 Å². The van der Waals surface area contributed by atoms with Crippen LogP contribution in [0.2, 0.25) is 0 Å². The van der Waals surface area contributed by atoms with Crippen LogP contribution >= 0.6 is 0 Å². The lowest BCUT2D eigenvalue weighted by Gasteiger charge is -2.14. The van der Waals surface area contributed by atoms with Crippen LogP contribution in [0.3, 0.4) is 0 Å². The first-order valence-corrected chi connectivity index (χ1v) is 10.3. The Hall–Kier alpha value is -4.00. The van der Waals surface area contributed by atoms with Gasteiger partial charge in [-0.05, 0) is 54.4 Å². The molecule has 0 spiro atoms. The predicted molar refractivity (Wildman–Crippen MR) is 119 cm³/mol. The van der Waals surface area contributed by atoms with Crippen molar-refractivity contribution in [1.82, 2.24) is 9.88 Å². The summed E-state index contributed by atoms with van der Waals surface area (Å²) in [4.78, 5) is 31.9. The van der Waals surface area contributed by atoms with E-state index in [1.807, 2.05) is 6.92 Å². The van der Waals surface area contributed by atoms with E-state index >= 15 is 0 Å². The summed E-state index contributed by atoms with van der Waals surface area (Å²) in [5, 5.41) is 2.95. The van der Waals surface area contributed by atoms with Gasteiger partial charge in [-0.25, -0.2) is 4.39 Å². The molecule has 0 atom stereocenters. The summed E-state index contributed by atoms with van der Waals surface area (Å²) < 4.78 is 19.3. The Labute approximate surface area is 185 Å². The normalized spacial score (nSPS) is 13.6. The maximum Gasteiger partial charge on any atom is 0.278 e. The summed E-state index contributed by atoms with van der Waals surface area (Å²) in [5.41, 5.74) is 1.84. The summed E-state index contributed by atoms with van der Waals surface area (Å²) in [6.45, 7) is 2.64. The van der Waals surface area contributed by atoms with Crippen LogP contribution in [0.5, 0.6) is 5.75 Å². The summed E-state index contributed by atoms with van der Waals surface area (Å²) in [6.07, 6.45) is 2.49. The van der Waals surface area contributed by atoms with E-state index in [1.54, 1.807) is 54.7 Å². The molecule has 4 rings (SSSR count). The third-order valence-electron chi connectivity index (χ3n) is 4.92. The lowest BCUT2D eigenvalue weighted by Crippen LogP contribution is -2.32. The molecule has 7 heteroatoms. The molecule has 1 aliphatic rings. The Morgan fingerprint density at radius 1 is 1.00 bits per heavy atom. The molecule has 162 valence electrons. The molecule has 3 aromatic rings. The molecule has 2 amide bonds. The van der Waals surface area contributed by atoms with Crippen molar-refractivity contribution in [2.45, 2.75) is 19.9 Å². The van der Waals surface area contributed by atoms with Crippen molar-refractivity contribution in [2.75, 3.05) is 11.9 Å². The van der Waals surface area contributed by atoms with Gasteiger partial charge in [0, 0.05) is 11.9 Å². The fourth-order valence-electron chi connectivity index (χ4n) is 3.41. The number of carbonyl (C=O) groups is 2. The fraction of sp³-hybridized carbons (Fsp3) is 0.160. The van der Waals surface area contributed by atoms with Crippen molar-refractivity contribution in [3.8, 4) is 5.75 Å². The number of rotatable bonds is 8. The van der Waals surface area contributed by atoms with E-state index in [2.05, 4.69) is 10.3 Å². The van der Waals surface area contributed by atoms with Crippen molar-refractivity contribution in [3.05, 3.63) is 95.7 Å². The minimum absolute atomic E-state index is 0.0357. The number of anilines is 1. The maximum absolute atomic E-state index is 13.7. The van der Waals surface area contributed by atoms with Crippen LogP contribution in [-0.4, -0.2) is 28.3 Å². The highest BCUT2D eigenvalue weighted by molar-refractivity contribution is 6.36. The van der Waals surface area contributed by atoms with E-state index in [4.69, 9.17) is 4.74 Å². The van der Waals surface area contributed by atoms with Crippen LogP contribution in [0, 0.1) is 5.82 Å². The minimum atomic E-state index is -0.494. The van der Waals surface area contributed by atoms with Gasteiger partial charge in [-0.2, -0.15) is 0 Å². The highest BCUT2D eigenvalue weighted by Gasteiger charge is 2.39. The monoisotopic (exact) mass is 431 g/mol. The minimum Gasteiger partial charge on any atom is -0.494 e. The van der Waals surface area contributed by atoms with E-state index < -0.39 is 17.6 Å². The van der Waals surface area contributed by atoms with Gasteiger partial charge in [0.05, 0.1) is 24.4 Å². The van der Waals surface area contributed by atoms with Crippen molar-refractivity contribution >= 4 is 23.1 Å². The first-order valence-electron chi connectivity index (χ1n) is 10.3. The van der Waals surface area contributed by atoms with Crippen LogP contribution in [-0.2, 0) is 16.1 Å². The second-order valence-electron chi connectivity index (χ2n) is 7.28. The van der Waals surface area contributed by atoms with E-state index in [1.165, 1.54) is 18.2 Å². The van der Waals surface area contributed by atoms with Crippen molar-refractivity contribution in [2.24, 2.45) is 0 Å². The zero-order valence-electron chi connectivity index (χ0n) is 17.5. The van der Waals surface area contributed by atoms with Crippen molar-refractivity contribution in [1.29, 1.82) is 0 Å². The number of imide groups is 1.